The third-order valence-corrected chi connectivity index (χ3v) is 4.37. The minimum atomic E-state index is -0.218. The minimum absolute atomic E-state index is 0.185. The number of amides is 1. The average molecular weight is 299 g/mol. The number of aromatic amines is 1. The quantitative estimate of drug-likeness (QED) is 0.907. The van der Waals surface area contributed by atoms with Gasteiger partial charge in [0.2, 0.25) is 0 Å². The molecule has 0 saturated carbocycles. The fourth-order valence-corrected chi connectivity index (χ4v) is 2.99. The molecule has 1 amide bonds. The van der Waals surface area contributed by atoms with Gasteiger partial charge in [-0.15, -0.1) is 0 Å². The van der Waals surface area contributed by atoms with Crippen molar-refractivity contribution in [2.24, 2.45) is 0 Å². The van der Waals surface area contributed by atoms with Crippen LogP contribution < -0.4 is 10.9 Å². The second kappa shape index (κ2) is 6.32. The highest BCUT2D eigenvalue weighted by Crippen LogP contribution is 2.12. The maximum absolute atomic E-state index is 12.4. The number of H-pyrrole nitrogens is 1. The molecule has 1 aromatic carbocycles. The second-order valence-electron chi connectivity index (χ2n) is 5.78. The van der Waals surface area contributed by atoms with E-state index in [-0.39, 0.29) is 17.5 Å². The van der Waals surface area contributed by atoms with Crippen molar-refractivity contribution < 1.29 is 4.79 Å². The molecule has 5 heteroatoms. The Morgan fingerprint density at radius 2 is 2.05 bits per heavy atom. The van der Waals surface area contributed by atoms with Crippen LogP contribution in [-0.4, -0.2) is 41.5 Å². The van der Waals surface area contributed by atoms with Gasteiger partial charge in [-0.1, -0.05) is 25.1 Å². The summed E-state index contributed by atoms with van der Waals surface area (Å²) in [5.74, 6) is -0.196. The topological polar surface area (TPSA) is 65.2 Å². The van der Waals surface area contributed by atoms with Gasteiger partial charge in [-0.3, -0.25) is 9.59 Å². The van der Waals surface area contributed by atoms with Crippen molar-refractivity contribution in [1.82, 2.24) is 15.2 Å². The van der Waals surface area contributed by atoms with Crippen molar-refractivity contribution in [2.45, 2.75) is 25.8 Å². The van der Waals surface area contributed by atoms with Crippen LogP contribution in [0, 0.1) is 0 Å². The zero-order chi connectivity index (χ0) is 15.5. The van der Waals surface area contributed by atoms with Gasteiger partial charge in [0, 0.05) is 24.5 Å². The first-order valence-electron chi connectivity index (χ1n) is 7.82. The number of aromatic nitrogens is 1. The number of hydrogen-bond donors (Lipinski definition) is 2. The van der Waals surface area contributed by atoms with Crippen molar-refractivity contribution >= 4 is 16.7 Å². The number of nitrogens with zero attached hydrogens (tertiary/aromatic N) is 1. The summed E-state index contributed by atoms with van der Waals surface area (Å²) in [5, 5.41) is 4.43. The van der Waals surface area contributed by atoms with Gasteiger partial charge >= 0.3 is 0 Å². The molecule has 0 spiro atoms. The Hall–Kier alpha value is -2.14. The van der Waals surface area contributed by atoms with Crippen molar-refractivity contribution in [3.05, 3.63) is 46.4 Å². The van der Waals surface area contributed by atoms with Gasteiger partial charge in [-0.2, -0.15) is 0 Å². The maximum atomic E-state index is 12.4. The Labute approximate surface area is 129 Å². The molecular weight excluding hydrogens is 278 g/mol. The summed E-state index contributed by atoms with van der Waals surface area (Å²) in [5.41, 5.74) is 0.116. The van der Waals surface area contributed by atoms with Crippen LogP contribution >= 0.6 is 0 Å². The van der Waals surface area contributed by atoms with Crippen molar-refractivity contribution in [3.63, 3.8) is 0 Å². The molecule has 0 unspecified atom stereocenters. The lowest BCUT2D eigenvalue weighted by Crippen LogP contribution is -2.44. The average Bonchev–Trinajstić information content (AvgIpc) is 2.55. The molecule has 1 aliphatic heterocycles. The molecule has 116 valence electrons. The Kier molecular flexibility index (Phi) is 4.24. The molecule has 3 rings (SSSR count). The van der Waals surface area contributed by atoms with Gasteiger partial charge in [0.15, 0.2) is 0 Å². The summed E-state index contributed by atoms with van der Waals surface area (Å²) in [6.45, 7) is 5.22. The Morgan fingerprint density at radius 1 is 1.32 bits per heavy atom. The Balaban J connectivity index is 1.74. The number of carbonyl (C=O) groups excluding carboxylic acids is 1. The first kappa shape index (κ1) is 14.8. The predicted octanol–water partition coefficient (Wildman–Crippen LogP) is 1.74. The van der Waals surface area contributed by atoms with Gasteiger partial charge in [-0.05, 0) is 36.9 Å². The molecule has 1 saturated heterocycles. The third-order valence-electron chi connectivity index (χ3n) is 4.37. The van der Waals surface area contributed by atoms with Crippen LogP contribution in [0.5, 0.6) is 0 Å². The van der Waals surface area contributed by atoms with E-state index in [1.54, 1.807) is 12.1 Å². The molecule has 1 aromatic heterocycles. The molecule has 1 aliphatic rings. The standard InChI is InChI=1S/C17H21N3O2/c1-2-20-9-7-13(8-10-20)18-17(22)15-11-12-5-3-4-6-14(12)16(21)19-15/h3-6,11,13H,2,7-10H2,1H3,(H,18,22)(H,19,21). The first-order chi connectivity index (χ1) is 10.7. The van der Waals surface area contributed by atoms with Crippen molar-refractivity contribution in [2.75, 3.05) is 19.6 Å². The highest BCUT2D eigenvalue weighted by molar-refractivity contribution is 5.96. The molecule has 2 heterocycles. The van der Waals surface area contributed by atoms with E-state index in [1.165, 1.54) is 0 Å². The third kappa shape index (κ3) is 3.04. The van der Waals surface area contributed by atoms with Crippen LogP contribution in [-0.2, 0) is 0 Å². The fraction of sp³-hybridized carbons (Fsp3) is 0.412. The van der Waals surface area contributed by atoms with E-state index in [0.29, 0.717) is 11.1 Å². The molecule has 1 fully saturated rings. The smallest absolute Gasteiger partial charge is 0.268 e. The largest absolute Gasteiger partial charge is 0.348 e. The monoisotopic (exact) mass is 299 g/mol. The van der Waals surface area contributed by atoms with E-state index in [0.717, 1.165) is 37.9 Å². The summed E-state index contributed by atoms with van der Waals surface area (Å²) in [4.78, 5) is 29.5. The molecular formula is C17H21N3O2. The molecule has 0 bridgehead atoms. The van der Waals surface area contributed by atoms with E-state index in [4.69, 9.17) is 0 Å². The zero-order valence-electron chi connectivity index (χ0n) is 12.8. The molecule has 0 radical (unpaired) electrons. The van der Waals surface area contributed by atoms with Crippen LogP contribution in [0.15, 0.2) is 35.1 Å². The SMILES string of the molecule is CCN1CCC(NC(=O)c2cc3ccccc3c(=O)[nH]2)CC1. The number of pyridine rings is 1. The van der Waals surface area contributed by atoms with Crippen LogP contribution in [0.2, 0.25) is 0 Å². The maximum Gasteiger partial charge on any atom is 0.268 e. The Bertz CT molecular complexity index is 730. The summed E-state index contributed by atoms with van der Waals surface area (Å²) in [7, 11) is 0. The Morgan fingerprint density at radius 3 is 2.77 bits per heavy atom. The molecule has 2 aromatic rings. The molecule has 5 nitrogen and oxygen atoms in total. The van der Waals surface area contributed by atoms with Crippen LogP contribution in [0.3, 0.4) is 0 Å². The van der Waals surface area contributed by atoms with E-state index in [1.807, 2.05) is 18.2 Å². The number of likely N-dealkylation sites (tertiary alicyclic amines) is 1. The number of hydrogen-bond acceptors (Lipinski definition) is 3. The summed E-state index contributed by atoms with van der Waals surface area (Å²) < 4.78 is 0. The zero-order valence-corrected chi connectivity index (χ0v) is 12.8. The number of nitrogens with one attached hydrogen (secondary N) is 2. The van der Waals surface area contributed by atoms with Gasteiger partial charge in [0.25, 0.3) is 11.5 Å². The number of carbonyl (C=O) groups is 1. The molecule has 0 atom stereocenters. The number of benzene rings is 1. The van der Waals surface area contributed by atoms with Crippen molar-refractivity contribution in [1.29, 1.82) is 0 Å². The highest BCUT2D eigenvalue weighted by atomic mass is 16.2. The normalized spacial score (nSPS) is 16.8. The molecule has 2 N–H and O–H groups in total. The van der Waals surface area contributed by atoms with Crippen molar-refractivity contribution in [3.8, 4) is 0 Å². The summed E-state index contributed by atoms with van der Waals surface area (Å²) >= 11 is 0. The lowest BCUT2D eigenvalue weighted by molar-refractivity contribution is 0.0907. The number of fused-ring (bicyclic) bond motifs is 1. The van der Waals surface area contributed by atoms with Gasteiger partial charge in [-0.25, -0.2) is 0 Å². The van der Waals surface area contributed by atoms with Gasteiger partial charge in [0.1, 0.15) is 5.69 Å². The van der Waals surface area contributed by atoms with E-state index in [9.17, 15) is 9.59 Å². The summed E-state index contributed by atoms with van der Waals surface area (Å²) in [6, 6.07) is 9.22. The lowest BCUT2D eigenvalue weighted by Gasteiger charge is -2.31. The van der Waals surface area contributed by atoms with E-state index < -0.39 is 0 Å². The molecule has 0 aliphatic carbocycles. The molecule has 22 heavy (non-hydrogen) atoms. The number of rotatable bonds is 3. The second-order valence-corrected chi connectivity index (χ2v) is 5.78. The van der Waals surface area contributed by atoms with Crippen LogP contribution in [0.1, 0.15) is 30.3 Å². The van der Waals surface area contributed by atoms with Crippen LogP contribution in [0.4, 0.5) is 0 Å². The lowest BCUT2D eigenvalue weighted by atomic mass is 10.0. The van der Waals surface area contributed by atoms with E-state index in [2.05, 4.69) is 22.1 Å². The first-order valence-corrected chi connectivity index (χ1v) is 7.82. The van der Waals surface area contributed by atoms with Gasteiger partial charge in [0.05, 0.1) is 0 Å². The number of piperidine rings is 1. The predicted molar refractivity (Wildman–Crippen MR) is 87.2 cm³/mol. The minimum Gasteiger partial charge on any atom is -0.348 e. The van der Waals surface area contributed by atoms with Gasteiger partial charge < -0.3 is 15.2 Å². The summed E-state index contributed by atoms with van der Waals surface area (Å²) in [6.07, 6.45) is 1.91. The van der Waals surface area contributed by atoms with Crippen LogP contribution in [0.25, 0.3) is 10.8 Å². The highest BCUT2D eigenvalue weighted by Gasteiger charge is 2.20. The van der Waals surface area contributed by atoms with E-state index >= 15 is 0 Å². The fourth-order valence-electron chi connectivity index (χ4n) is 2.99.